The van der Waals surface area contributed by atoms with Gasteiger partial charge in [-0.2, -0.15) is 10.1 Å². The number of carbonyl (C=O) groups is 1. The Balaban J connectivity index is 1.58. The zero-order valence-corrected chi connectivity index (χ0v) is 21.7. The highest BCUT2D eigenvalue weighted by atomic mass is 32.1. The second kappa shape index (κ2) is 9.63. The number of rotatable bonds is 5. The van der Waals surface area contributed by atoms with Gasteiger partial charge in [0.1, 0.15) is 17.6 Å². The summed E-state index contributed by atoms with van der Waals surface area (Å²) in [6.07, 6.45) is 2.69. The van der Waals surface area contributed by atoms with E-state index in [2.05, 4.69) is 30.9 Å². The van der Waals surface area contributed by atoms with Gasteiger partial charge in [0.25, 0.3) is 5.91 Å². The number of thiazole rings is 1. The van der Waals surface area contributed by atoms with Crippen LogP contribution in [0, 0.1) is 0 Å². The Morgan fingerprint density at radius 2 is 1.84 bits per heavy atom. The minimum atomic E-state index is -0.368. The summed E-state index contributed by atoms with van der Waals surface area (Å²) in [6.45, 7) is 6.35. The third-order valence-electron chi connectivity index (χ3n) is 5.97. The van der Waals surface area contributed by atoms with Gasteiger partial charge in [0.2, 0.25) is 10.6 Å². The summed E-state index contributed by atoms with van der Waals surface area (Å²) >= 11 is 1.31. The van der Waals surface area contributed by atoms with E-state index in [1.807, 2.05) is 30.3 Å². The van der Waals surface area contributed by atoms with Crippen molar-refractivity contribution in [2.24, 2.45) is 5.10 Å². The maximum atomic E-state index is 13.7. The zero-order chi connectivity index (χ0) is 26.2. The molecule has 5 rings (SSSR count). The van der Waals surface area contributed by atoms with E-state index in [-0.39, 0.29) is 22.3 Å². The number of methoxy groups -OCH3 is 1. The molecule has 1 amide bonds. The molecule has 0 N–H and O–H groups in total. The molecule has 0 aliphatic heterocycles. The van der Waals surface area contributed by atoms with E-state index in [0.29, 0.717) is 32.9 Å². The highest BCUT2D eigenvalue weighted by Gasteiger charge is 2.22. The van der Waals surface area contributed by atoms with Crippen LogP contribution in [0.5, 0.6) is 5.75 Å². The van der Waals surface area contributed by atoms with Crippen molar-refractivity contribution < 1.29 is 13.9 Å². The largest absolute Gasteiger partial charge is 0.497 e. The van der Waals surface area contributed by atoms with Crippen LogP contribution in [0.1, 0.15) is 42.3 Å². The van der Waals surface area contributed by atoms with E-state index in [4.69, 9.17) is 9.15 Å². The minimum Gasteiger partial charge on any atom is -0.497 e. The van der Waals surface area contributed by atoms with Crippen molar-refractivity contribution in [2.45, 2.75) is 26.2 Å². The Morgan fingerprint density at radius 3 is 2.57 bits per heavy atom. The van der Waals surface area contributed by atoms with E-state index in [0.717, 1.165) is 10.3 Å². The first-order chi connectivity index (χ1) is 17.7. The lowest BCUT2D eigenvalue weighted by atomic mass is 9.87. The van der Waals surface area contributed by atoms with Crippen LogP contribution in [-0.4, -0.2) is 24.2 Å². The van der Waals surface area contributed by atoms with Gasteiger partial charge in [-0.05, 0) is 53.4 Å². The van der Waals surface area contributed by atoms with E-state index in [1.54, 1.807) is 43.5 Å². The van der Waals surface area contributed by atoms with Gasteiger partial charge in [-0.3, -0.25) is 9.59 Å². The first kappa shape index (κ1) is 24.4. The number of aromatic nitrogens is 1. The standard InChI is InChI=1S/C29H25N3O4S/c1-29(2,3)20-11-9-18(10-12-20)27(34)32(28-31-23-14-13-21(35-4)15-25(23)37-28)30-16-19-17-36-24-8-6-5-7-22(24)26(19)33/h5-17H,1-4H3/b30-16+. The van der Waals surface area contributed by atoms with Crippen molar-refractivity contribution in [3.8, 4) is 5.75 Å². The fourth-order valence-electron chi connectivity index (χ4n) is 3.84. The molecule has 0 spiro atoms. The second-order valence-corrected chi connectivity index (χ2v) is 10.5. The van der Waals surface area contributed by atoms with Crippen molar-refractivity contribution in [3.05, 3.63) is 99.9 Å². The maximum Gasteiger partial charge on any atom is 0.280 e. The Bertz CT molecular complexity index is 1690. The molecule has 5 aromatic rings. The number of para-hydroxylation sites is 1. The molecule has 0 saturated carbocycles. The number of fused-ring (bicyclic) bond motifs is 2. The lowest BCUT2D eigenvalue weighted by Gasteiger charge is -2.19. The molecule has 8 heteroatoms. The lowest BCUT2D eigenvalue weighted by molar-refractivity contribution is 0.0987. The van der Waals surface area contributed by atoms with Gasteiger partial charge in [0.15, 0.2) is 0 Å². The van der Waals surface area contributed by atoms with Crippen molar-refractivity contribution >= 4 is 49.8 Å². The number of hydrogen-bond acceptors (Lipinski definition) is 7. The summed E-state index contributed by atoms with van der Waals surface area (Å²) in [7, 11) is 1.60. The molecular formula is C29H25N3O4S. The van der Waals surface area contributed by atoms with Crippen LogP contribution in [0.2, 0.25) is 0 Å². The molecule has 0 radical (unpaired) electrons. The van der Waals surface area contributed by atoms with Gasteiger partial charge in [-0.15, -0.1) is 0 Å². The first-order valence-corrected chi connectivity index (χ1v) is 12.5. The topological polar surface area (TPSA) is 85.0 Å². The first-order valence-electron chi connectivity index (χ1n) is 11.7. The molecule has 0 atom stereocenters. The maximum absolute atomic E-state index is 13.7. The number of amides is 1. The number of carbonyl (C=O) groups excluding carboxylic acids is 1. The monoisotopic (exact) mass is 511 g/mol. The average molecular weight is 512 g/mol. The van der Waals surface area contributed by atoms with E-state index in [1.165, 1.54) is 28.8 Å². The lowest BCUT2D eigenvalue weighted by Crippen LogP contribution is -2.26. The molecule has 0 saturated heterocycles. The molecule has 3 aromatic carbocycles. The van der Waals surface area contributed by atoms with E-state index < -0.39 is 0 Å². The van der Waals surface area contributed by atoms with Crippen molar-refractivity contribution in [1.82, 2.24) is 4.98 Å². The summed E-state index contributed by atoms with van der Waals surface area (Å²) < 4.78 is 11.8. The predicted octanol–water partition coefficient (Wildman–Crippen LogP) is 6.39. The minimum absolute atomic E-state index is 0.0460. The number of hydrogen-bond donors (Lipinski definition) is 0. The van der Waals surface area contributed by atoms with Crippen LogP contribution < -0.4 is 15.2 Å². The Labute approximate surface area is 217 Å². The summed E-state index contributed by atoms with van der Waals surface area (Å²) in [5.41, 5.74) is 2.70. The highest BCUT2D eigenvalue weighted by molar-refractivity contribution is 7.22. The number of ether oxygens (including phenoxy) is 1. The molecule has 186 valence electrons. The van der Waals surface area contributed by atoms with E-state index in [9.17, 15) is 9.59 Å². The van der Waals surface area contributed by atoms with Crippen molar-refractivity contribution in [3.63, 3.8) is 0 Å². The molecule has 2 aromatic heterocycles. The molecule has 0 aliphatic rings. The Morgan fingerprint density at radius 1 is 1.08 bits per heavy atom. The molecule has 0 bridgehead atoms. The smallest absolute Gasteiger partial charge is 0.280 e. The predicted molar refractivity (Wildman–Crippen MR) is 148 cm³/mol. The fourth-order valence-corrected chi connectivity index (χ4v) is 4.79. The number of benzene rings is 3. The van der Waals surface area contributed by atoms with Gasteiger partial charge in [-0.1, -0.05) is 56.4 Å². The summed E-state index contributed by atoms with van der Waals surface area (Å²) in [5, 5.41) is 6.46. The van der Waals surface area contributed by atoms with Crippen LogP contribution in [0.3, 0.4) is 0 Å². The highest BCUT2D eigenvalue weighted by Crippen LogP contribution is 2.32. The van der Waals surface area contributed by atoms with Gasteiger partial charge >= 0.3 is 0 Å². The second-order valence-electron chi connectivity index (χ2n) is 9.54. The normalized spacial score (nSPS) is 11.9. The number of anilines is 1. The van der Waals surface area contributed by atoms with Crippen LogP contribution in [0.25, 0.3) is 21.2 Å². The molecule has 0 fully saturated rings. The third-order valence-corrected chi connectivity index (χ3v) is 6.97. The Hall–Kier alpha value is -4.30. The van der Waals surface area contributed by atoms with Gasteiger partial charge < -0.3 is 9.15 Å². The molecule has 0 aliphatic carbocycles. The average Bonchev–Trinajstić information content (AvgIpc) is 3.32. The third kappa shape index (κ3) is 4.88. The van der Waals surface area contributed by atoms with Crippen LogP contribution in [0.15, 0.2) is 87.3 Å². The van der Waals surface area contributed by atoms with Crippen LogP contribution in [-0.2, 0) is 5.41 Å². The van der Waals surface area contributed by atoms with E-state index >= 15 is 0 Å². The molecule has 37 heavy (non-hydrogen) atoms. The SMILES string of the molecule is COc1ccc2nc(N(/N=C/c3coc4ccccc4c3=O)C(=O)c3ccc(C(C)(C)C)cc3)sc2c1. The fraction of sp³-hybridized carbons (Fsp3) is 0.172. The summed E-state index contributed by atoms with van der Waals surface area (Å²) in [4.78, 5) is 31.3. The zero-order valence-electron chi connectivity index (χ0n) is 20.9. The van der Waals surface area contributed by atoms with Gasteiger partial charge in [0.05, 0.1) is 34.5 Å². The van der Waals surface area contributed by atoms with Crippen molar-refractivity contribution in [2.75, 3.05) is 12.1 Å². The van der Waals surface area contributed by atoms with Crippen LogP contribution >= 0.6 is 11.3 Å². The van der Waals surface area contributed by atoms with Crippen molar-refractivity contribution in [1.29, 1.82) is 0 Å². The molecule has 2 heterocycles. The number of nitrogens with zero attached hydrogens (tertiary/aromatic N) is 3. The van der Waals surface area contributed by atoms with Gasteiger partial charge in [0, 0.05) is 5.56 Å². The molecule has 7 nitrogen and oxygen atoms in total. The number of hydrazone groups is 1. The van der Waals surface area contributed by atoms with Gasteiger partial charge in [-0.25, -0.2) is 4.98 Å². The molecule has 0 unspecified atom stereocenters. The Kier molecular flexibility index (Phi) is 6.35. The quantitative estimate of drug-likeness (QED) is 0.202. The van der Waals surface area contributed by atoms with Crippen LogP contribution in [0.4, 0.5) is 5.13 Å². The molecular weight excluding hydrogens is 486 g/mol. The summed E-state index contributed by atoms with van der Waals surface area (Å²) in [5.74, 6) is 0.323. The summed E-state index contributed by atoms with van der Waals surface area (Å²) in [6, 6.07) is 19.9.